The molecule has 1 saturated heterocycles. The fourth-order valence-electron chi connectivity index (χ4n) is 3.16. The van der Waals surface area contributed by atoms with Gasteiger partial charge in [-0.2, -0.15) is 0 Å². The largest absolute Gasteiger partial charge is 0.455 e. The first kappa shape index (κ1) is 19.0. The standard InChI is InChI=1S/C17H21N5O4S/c1-9-10(2)27-15-13(9)14(19-8-20-15)22-5-3-11(4-6-22)16(24)26-7-12(23)21-17(18)25/h8,11H,3-7H2,1-2H3,(H3,18,21,23,25). The molecule has 2 aromatic rings. The fourth-order valence-corrected chi connectivity index (χ4v) is 4.15. The molecule has 144 valence electrons. The van der Waals surface area contributed by atoms with Crippen LogP contribution in [0.3, 0.4) is 0 Å². The van der Waals surface area contributed by atoms with Crippen LogP contribution < -0.4 is 16.0 Å². The number of thiophene rings is 1. The number of primary amides is 1. The number of rotatable bonds is 4. The zero-order valence-electron chi connectivity index (χ0n) is 15.2. The molecule has 0 aromatic carbocycles. The van der Waals surface area contributed by atoms with Crippen molar-refractivity contribution in [1.29, 1.82) is 0 Å². The second-order valence-corrected chi connectivity index (χ2v) is 7.65. The molecule has 3 rings (SSSR count). The van der Waals surface area contributed by atoms with E-state index in [-0.39, 0.29) is 5.92 Å². The van der Waals surface area contributed by atoms with Crippen molar-refractivity contribution in [1.82, 2.24) is 15.3 Å². The Bertz CT molecular complexity index is 889. The number of nitrogens with one attached hydrogen (secondary N) is 1. The Labute approximate surface area is 159 Å². The highest BCUT2D eigenvalue weighted by Crippen LogP contribution is 2.35. The lowest BCUT2D eigenvalue weighted by Crippen LogP contribution is -2.40. The molecule has 10 heteroatoms. The number of aromatic nitrogens is 2. The third kappa shape index (κ3) is 4.16. The van der Waals surface area contributed by atoms with E-state index in [0.717, 1.165) is 16.0 Å². The van der Waals surface area contributed by atoms with Crippen molar-refractivity contribution in [2.75, 3.05) is 24.6 Å². The molecule has 0 bridgehead atoms. The summed E-state index contributed by atoms with van der Waals surface area (Å²) >= 11 is 1.65. The van der Waals surface area contributed by atoms with Crippen molar-refractivity contribution in [2.24, 2.45) is 11.7 Å². The molecule has 1 aliphatic heterocycles. The van der Waals surface area contributed by atoms with Gasteiger partial charge in [0.2, 0.25) is 0 Å². The summed E-state index contributed by atoms with van der Waals surface area (Å²) in [4.78, 5) is 47.2. The molecule has 9 nitrogen and oxygen atoms in total. The van der Waals surface area contributed by atoms with Crippen molar-refractivity contribution >= 4 is 45.3 Å². The van der Waals surface area contributed by atoms with Crippen LogP contribution in [0.2, 0.25) is 0 Å². The molecule has 0 aliphatic carbocycles. The normalized spacial score (nSPS) is 15.0. The molecule has 0 spiro atoms. The summed E-state index contributed by atoms with van der Waals surface area (Å²) < 4.78 is 4.98. The highest BCUT2D eigenvalue weighted by atomic mass is 32.1. The molecule has 1 aliphatic rings. The van der Waals surface area contributed by atoms with Crippen molar-refractivity contribution < 1.29 is 19.1 Å². The topological polar surface area (TPSA) is 128 Å². The van der Waals surface area contributed by atoms with E-state index < -0.39 is 24.5 Å². The number of nitrogens with two attached hydrogens (primary N) is 1. The molecule has 27 heavy (non-hydrogen) atoms. The van der Waals surface area contributed by atoms with Crippen molar-refractivity contribution in [3.8, 4) is 0 Å². The number of urea groups is 1. The number of amides is 3. The summed E-state index contributed by atoms with van der Waals surface area (Å²) in [6.07, 6.45) is 2.78. The third-order valence-electron chi connectivity index (χ3n) is 4.68. The van der Waals surface area contributed by atoms with E-state index in [1.54, 1.807) is 17.7 Å². The number of nitrogens with zero attached hydrogens (tertiary/aromatic N) is 3. The van der Waals surface area contributed by atoms with Crippen molar-refractivity contribution in [3.63, 3.8) is 0 Å². The monoisotopic (exact) mass is 391 g/mol. The van der Waals surface area contributed by atoms with Gasteiger partial charge in [-0.1, -0.05) is 0 Å². The van der Waals surface area contributed by atoms with Crippen LogP contribution in [0.25, 0.3) is 10.2 Å². The smallest absolute Gasteiger partial charge is 0.318 e. The number of esters is 1. The molecule has 3 heterocycles. The Morgan fingerprint density at radius 3 is 2.67 bits per heavy atom. The summed E-state index contributed by atoms with van der Waals surface area (Å²) in [6.45, 7) is 4.95. The van der Waals surface area contributed by atoms with Crippen LogP contribution in [0.15, 0.2) is 6.33 Å². The second kappa shape index (κ2) is 7.87. The number of carbonyl (C=O) groups is 3. The number of fused-ring (bicyclic) bond motifs is 1. The molecular weight excluding hydrogens is 370 g/mol. The highest BCUT2D eigenvalue weighted by Gasteiger charge is 2.28. The minimum atomic E-state index is -0.973. The van der Waals surface area contributed by atoms with Gasteiger partial charge in [-0.25, -0.2) is 14.8 Å². The number of anilines is 1. The average Bonchev–Trinajstić information content (AvgIpc) is 2.93. The number of piperidine rings is 1. The van der Waals surface area contributed by atoms with Gasteiger partial charge < -0.3 is 15.4 Å². The van der Waals surface area contributed by atoms with Crippen LogP contribution in [0.1, 0.15) is 23.3 Å². The van der Waals surface area contributed by atoms with Gasteiger partial charge in [0.1, 0.15) is 17.0 Å². The van der Waals surface area contributed by atoms with Gasteiger partial charge in [-0.05, 0) is 32.3 Å². The van der Waals surface area contributed by atoms with E-state index in [1.165, 1.54) is 10.4 Å². The van der Waals surface area contributed by atoms with Crippen LogP contribution in [0, 0.1) is 19.8 Å². The predicted molar refractivity (Wildman–Crippen MR) is 101 cm³/mol. The average molecular weight is 391 g/mol. The minimum Gasteiger partial charge on any atom is -0.455 e. The highest BCUT2D eigenvalue weighted by molar-refractivity contribution is 7.18. The zero-order valence-corrected chi connectivity index (χ0v) is 16.0. The Balaban J connectivity index is 1.60. The van der Waals surface area contributed by atoms with E-state index in [1.807, 2.05) is 5.32 Å². The number of carbonyl (C=O) groups excluding carboxylic acids is 3. The lowest BCUT2D eigenvalue weighted by atomic mass is 9.97. The zero-order chi connectivity index (χ0) is 19.6. The van der Waals surface area contributed by atoms with Gasteiger partial charge in [-0.15, -0.1) is 11.3 Å². The number of hydrogen-bond donors (Lipinski definition) is 2. The van der Waals surface area contributed by atoms with Crippen molar-refractivity contribution in [2.45, 2.75) is 26.7 Å². The van der Waals surface area contributed by atoms with E-state index in [4.69, 9.17) is 10.5 Å². The maximum atomic E-state index is 12.1. The van der Waals surface area contributed by atoms with Crippen LogP contribution in [-0.2, 0) is 14.3 Å². The molecular formula is C17H21N5O4S. The molecule has 0 saturated carbocycles. The van der Waals surface area contributed by atoms with Gasteiger partial charge in [0.05, 0.1) is 11.3 Å². The minimum absolute atomic E-state index is 0.287. The fraction of sp³-hybridized carbons (Fsp3) is 0.471. The maximum absolute atomic E-state index is 12.1. The lowest BCUT2D eigenvalue weighted by molar-refractivity contribution is -0.153. The summed E-state index contributed by atoms with van der Waals surface area (Å²) in [7, 11) is 0. The molecule has 3 N–H and O–H groups in total. The number of aryl methyl sites for hydroxylation is 2. The van der Waals surface area contributed by atoms with Crippen LogP contribution >= 0.6 is 11.3 Å². The van der Waals surface area contributed by atoms with Crippen LogP contribution in [0.5, 0.6) is 0 Å². The van der Waals surface area contributed by atoms with E-state index >= 15 is 0 Å². The first-order valence-electron chi connectivity index (χ1n) is 8.58. The van der Waals surface area contributed by atoms with Gasteiger partial charge in [0.15, 0.2) is 6.61 Å². The van der Waals surface area contributed by atoms with Crippen molar-refractivity contribution in [3.05, 3.63) is 16.8 Å². The van der Waals surface area contributed by atoms with Crippen LogP contribution in [-0.4, -0.2) is 47.6 Å². The first-order valence-corrected chi connectivity index (χ1v) is 9.40. The summed E-state index contributed by atoms with van der Waals surface area (Å²) in [5.74, 6) is -0.565. The summed E-state index contributed by atoms with van der Waals surface area (Å²) in [6, 6.07) is -0.973. The molecule has 3 amide bonds. The molecule has 0 atom stereocenters. The summed E-state index contributed by atoms with van der Waals surface area (Å²) in [5.41, 5.74) is 6.03. The summed E-state index contributed by atoms with van der Waals surface area (Å²) in [5, 5.41) is 2.93. The van der Waals surface area contributed by atoms with E-state index in [2.05, 4.69) is 28.7 Å². The number of ether oxygens (including phenoxy) is 1. The Kier molecular flexibility index (Phi) is 5.54. The lowest BCUT2D eigenvalue weighted by Gasteiger charge is -2.32. The van der Waals surface area contributed by atoms with Gasteiger partial charge >= 0.3 is 12.0 Å². The van der Waals surface area contributed by atoms with Gasteiger partial charge in [0, 0.05) is 18.0 Å². The molecule has 2 aromatic heterocycles. The first-order chi connectivity index (χ1) is 12.9. The molecule has 1 fully saturated rings. The quantitative estimate of drug-likeness (QED) is 0.751. The SMILES string of the molecule is Cc1sc2ncnc(N3CCC(C(=O)OCC(=O)NC(N)=O)CC3)c2c1C. The Hall–Kier alpha value is -2.75. The predicted octanol–water partition coefficient (Wildman–Crippen LogP) is 1.26. The Morgan fingerprint density at radius 1 is 1.30 bits per heavy atom. The maximum Gasteiger partial charge on any atom is 0.318 e. The Morgan fingerprint density at radius 2 is 2.00 bits per heavy atom. The van der Waals surface area contributed by atoms with Gasteiger partial charge in [-0.3, -0.25) is 14.9 Å². The second-order valence-electron chi connectivity index (χ2n) is 6.44. The van der Waals surface area contributed by atoms with Gasteiger partial charge in [0.25, 0.3) is 5.91 Å². The van der Waals surface area contributed by atoms with Crippen LogP contribution in [0.4, 0.5) is 10.6 Å². The molecule has 0 unspecified atom stereocenters. The number of hydrogen-bond acceptors (Lipinski definition) is 8. The molecule has 0 radical (unpaired) electrons. The van der Waals surface area contributed by atoms with E-state index in [9.17, 15) is 14.4 Å². The third-order valence-corrected chi connectivity index (χ3v) is 5.80. The number of imide groups is 1. The van der Waals surface area contributed by atoms with E-state index in [0.29, 0.717) is 25.9 Å².